The van der Waals surface area contributed by atoms with Gasteiger partial charge in [0.1, 0.15) is 6.54 Å². The van der Waals surface area contributed by atoms with E-state index < -0.39 is 10.0 Å². The number of hydrogen-bond donors (Lipinski definition) is 1. The number of aryl methyl sites for hydroxylation is 1. The molecule has 28 heavy (non-hydrogen) atoms. The average molecular weight is 485 g/mol. The molecule has 0 spiro atoms. The molecule has 152 valence electrons. The summed E-state index contributed by atoms with van der Waals surface area (Å²) in [7, 11) is -3.56. The summed E-state index contributed by atoms with van der Waals surface area (Å²) in [5.74, 6) is 1.57. The Hall–Kier alpha value is -1.51. The minimum absolute atomic E-state index is 0.225. The fourth-order valence-electron chi connectivity index (χ4n) is 2.54. The number of anilines is 1. The van der Waals surface area contributed by atoms with Crippen LogP contribution in [-0.4, -0.2) is 39.4 Å². The average Bonchev–Trinajstić information content (AvgIpc) is 2.65. The van der Waals surface area contributed by atoms with Gasteiger partial charge in [-0.3, -0.25) is 9.10 Å². The highest BCUT2D eigenvalue weighted by Gasteiger charge is 2.21. The third kappa shape index (κ3) is 7.48. The molecule has 0 heterocycles. The quantitative estimate of drug-likeness (QED) is 0.518. The number of halogens is 1. The summed E-state index contributed by atoms with van der Waals surface area (Å²) in [5, 5.41) is 2.81. The lowest BCUT2D eigenvalue weighted by molar-refractivity contribution is -0.119. The number of nitrogens with zero attached hydrogens (tertiary/aromatic N) is 1. The fourth-order valence-corrected chi connectivity index (χ4v) is 4.55. The number of rotatable bonds is 10. The Morgan fingerprint density at radius 2 is 1.89 bits per heavy atom. The molecule has 2 rings (SSSR count). The maximum atomic E-state index is 12.2. The first-order valence-corrected chi connectivity index (χ1v) is 12.7. The van der Waals surface area contributed by atoms with Crippen LogP contribution in [-0.2, 0) is 20.6 Å². The molecule has 1 N–H and O–H groups in total. The Bertz CT molecular complexity index is 890. The van der Waals surface area contributed by atoms with Gasteiger partial charge in [0.2, 0.25) is 15.9 Å². The van der Waals surface area contributed by atoms with E-state index in [9.17, 15) is 13.2 Å². The van der Waals surface area contributed by atoms with Gasteiger partial charge in [-0.25, -0.2) is 8.42 Å². The molecular weight excluding hydrogens is 460 g/mol. The molecule has 5 nitrogen and oxygen atoms in total. The van der Waals surface area contributed by atoms with Crippen LogP contribution in [0.25, 0.3) is 0 Å². The molecular formula is C20H25BrN2O3S2. The van der Waals surface area contributed by atoms with Crippen molar-refractivity contribution in [3.05, 3.63) is 64.1 Å². The van der Waals surface area contributed by atoms with Crippen LogP contribution in [0.15, 0.2) is 53.0 Å². The molecule has 0 radical (unpaired) electrons. The highest BCUT2D eigenvalue weighted by atomic mass is 79.9. The highest BCUT2D eigenvalue weighted by Crippen LogP contribution is 2.24. The van der Waals surface area contributed by atoms with Crippen LogP contribution in [0.4, 0.5) is 5.69 Å². The van der Waals surface area contributed by atoms with Crippen molar-refractivity contribution in [2.24, 2.45) is 0 Å². The van der Waals surface area contributed by atoms with Crippen molar-refractivity contribution in [3.63, 3.8) is 0 Å². The van der Waals surface area contributed by atoms with Crippen molar-refractivity contribution in [2.75, 3.05) is 29.4 Å². The summed E-state index contributed by atoms with van der Waals surface area (Å²) in [5.41, 5.74) is 2.67. The Kier molecular flexibility index (Phi) is 8.85. The summed E-state index contributed by atoms with van der Waals surface area (Å²) in [6.07, 6.45) is 1.94. The number of benzene rings is 2. The number of carbonyl (C=O) groups excluding carboxylic acids is 1. The van der Waals surface area contributed by atoms with Gasteiger partial charge >= 0.3 is 0 Å². The predicted molar refractivity (Wildman–Crippen MR) is 121 cm³/mol. The van der Waals surface area contributed by atoms with Crippen LogP contribution < -0.4 is 9.62 Å². The first kappa shape index (κ1) is 22.8. The van der Waals surface area contributed by atoms with Crippen molar-refractivity contribution in [1.29, 1.82) is 0 Å². The highest BCUT2D eigenvalue weighted by molar-refractivity contribution is 9.10. The summed E-state index contributed by atoms with van der Waals surface area (Å²) < 4.78 is 26.3. The normalized spacial score (nSPS) is 11.2. The second-order valence-corrected chi connectivity index (χ2v) is 10.3. The number of carbonyl (C=O) groups is 1. The fraction of sp³-hybridized carbons (Fsp3) is 0.350. The van der Waals surface area contributed by atoms with E-state index in [0.717, 1.165) is 38.5 Å². The molecule has 0 aliphatic rings. The largest absolute Gasteiger partial charge is 0.354 e. The van der Waals surface area contributed by atoms with Gasteiger partial charge in [0.05, 0.1) is 11.9 Å². The second-order valence-electron chi connectivity index (χ2n) is 6.44. The SMILES string of the molecule is Cc1cc(N(CC(=O)NCCCSCc2ccccc2)S(C)(=O)=O)ccc1Br. The standard InChI is InChI=1S/C20H25BrN2O3S2/c1-16-13-18(9-10-19(16)21)23(28(2,25)26)14-20(24)22-11-6-12-27-15-17-7-4-3-5-8-17/h3-5,7-10,13H,6,11-12,14-15H2,1-2H3,(H,22,24). The summed E-state index contributed by atoms with van der Waals surface area (Å²) in [4.78, 5) is 12.2. The third-order valence-electron chi connectivity index (χ3n) is 4.02. The van der Waals surface area contributed by atoms with Gasteiger partial charge in [-0.05, 0) is 48.4 Å². The Morgan fingerprint density at radius 3 is 2.54 bits per heavy atom. The van der Waals surface area contributed by atoms with Crippen molar-refractivity contribution < 1.29 is 13.2 Å². The zero-order chi connectivity index (χ0) is 20.6. The summed E-state index contributed by atoms with van der Waals surface area (Å²) in [6.45, 7) is 2.18. The lowest BCUT2D eigenvalue weighted by atomic mass is 10.2. The van der Waals surface area contributed by atoms with E-state index in [4.69, 9.17) is 0 Å². The van der Waals surface area contributed by atoms with Gasteiger partial charge in [-0.15, -0.1) is 0 Å². The molecule has 0 unspecified atom stereocenters. The van der Waals surface area contributed by atoms with Crippen LogP contribution in [0.2, 0.25) is 0 Å². The molecule has 0 atom stereocenters. The van der Waals surface area contributed by atoms with E-state index in [1.165, 1.54) is 5.56 Å². The van der Waals surface area contributed by atoms with Gasteiger partial charge in [-0.1, -0.05) is 46.3 Å². The lowest BCUT2D eigenvalue weighted by Crippen LogP contribution is -2.40. The van der Waals surface area contributed by atoms with E-state index in [1.54, 1.807) is 18.2 Å². The molecule has 0 saturated heterocycles. The minimum Gasteiger partial charge on any atom is -0.354 e. The zero-order valence-electron chi connectivity index (χ0n) is 16.0. The van der Waals surface area contributed by atoms with E-state index in [-0.39, 0.29) is 12.5 Å². The Labute approximate surface area is 180 Å². The molecule has 0 saturated carbocycles. The number of thioether (sulfide) groups is 1. The van der Waals surface area contributed by atoms with Gasteiger partial charge in [-0.2, -0.15) is 11.8 Å². The smallest absolute Gasteiger partial charge is 0.240 e. The van der Waals surface area contributed by atoms with Crippen LogP contribution in [0.5, 0.6) is 0 Å². The van der Waals surface area contributed by atoms with Crippen LogP contribution in [0.1, 0.15) is 17.5 Å². The molecule has 2 aromatic rings. The van der Waals surface area contributed by atoms with Crippen molar-refractivity contribution in [1.82, 2.24) is 5.32 Å². The maximum Gasteiger partial charge on any atom is 0.240 e. The molecule has 8 heteroatoms. The predicted octanol–water partition coefficient (Wildman–Crippen LogP) is 3.96. The van der Waals surface area contributed by atoms with Crippen LogP contribution in [0, 0.1) is 6.92 Å². The van der Waals surface area contributed by atoms with Crippen molar-refractivity contribution in [3.8, 4) is 0 Å². The van der Waals surface area contributed by atoms with E-state index >= 15 is 0 Å². The second kappa shape index (κ2) is 10.9. The Morgan fingerprint density at radius 1 is 1.18 bits per heavy atom. The number of nitrogens with one attached hydrogen (secondary N) is 1. The maximum absolute atomic E-state index is 12.2. The Balaban J connectivity index is 1.79. The summed E-state index contributed by atoms with van der Waals surface area (Å²) in [6, 6.07) is 15.5. The zero-order valence-corrected chi connectivity index (χ0v) is 19.2. The van der Waals surface area contributed by atoms with E-state index in [2.05, 4.69) is 33.4 Å². The van der Waals surface area contributed by atoms with Crippen LogP contribution >= 0.6 is 27.7 Å². The van der Waals surface area contributed by atoms with E-state index in [0.29, 0.717) is 12.2 Å². The van der Waals surface area contributed by atoms with Crippen molar-refractivity contribution in [2.45, 2.75) is 19.1 Å². The molecule has 2 aromatic carbocycles. The number of amides is 1. The molecule has 0 aliphatic carbocycles. The number of sulfonamides is 1. The first-order chi connectivity index (χ1) is 13.3. The molecule has 0 bridgehead atoms. The minimum atomic E-state index is -3.56. The van der Waals surface area contributed by atoms with Gasteiger partial charge < -0.3 is 5.32 Å². The molecule has 1 amide bonds. The number of hydrogen-bond acceptors (Lipinski definition) is 4. The molecule has 0 fully saturated rings. The van der Waals surface area contributed by atoms with Gasteiger partial charge in [0.25, 0.3) is 0 Å². The van der Waals surface area contributed by atoms with Crippen LogP contribution in [0.3, 0.4) is 0 Å². The topological polar surface area (TPSA) is 66.5 Å². The summed E-state index contributed by atoms with van der Waals surface area (Å²) >= 11 is 5.21. The van der Waals surface area contributed by atoms with Crippen molar-refractivity contribution >= 4 is 49.3 Å². The third-order valence-corrected chi connectivity index (χ3v) is 7.16. The first-order valence-electron chi connectivity index (χ1n) is 8.89. The monoisotopic (exact) mass is 484 g/mol. The van der Waals surface area contributed by atoms with E-state index in [1.807, 2.05) is 36.9 Å². The molecule has 0 aliphatic heterocycles. The molecule has 0 aromatic heterocycles. The van der Waals surface area contributed by atoms with Gasteiger partial charge in [0.15, 0.2) is 0 Å². The lowest BCUT2D eigenvalue weighted by Gasteiger charge is -2.22. The van der Waals surface area contributed by atoms with Gasteiger partial charge in [0, 0.05) is 16.8 Å².